The van der Waals surface area contributed by atoms with Crippen molar-refractivity contribution < 1.29 is 9.90 Å². The van der Waals surface area contributed by atoms with Crippen LogP contribution in [0.1, 0.15) is 37.8 Å². The molecular formula is C17H26N2O2. The van der Waals surface area contributed by atoms with Crippen LogP contribution >= 0.6 is 0 Å². The molecule has 2 rings (SSSR count). The summed E-state index contributed by atoms with van der Waals surface area (Å²) in [5, 5.41) is 13.1. The van der Waals surface area contributed by atoms with Crippen molar-refractivity contribution in [1.29, 1.82) is 0 Å². The predicted octanol–water partition coefficient (Wildman–Crippen LogP) is 1.85. The quantitative estimate of drug-likeness (QED) is 0.870. The Morgan fingerprint density at radius 1 is 1.43 bits per heavy atom. The van der Waals surface area contributed by atoms with Gasteiger partial charge in [0.2, 0.25) is 5.91 Å². The number of nitrogens with one attached hydrogen (secondary N) is 1. The summed E-state index contributed by atoms with van der Waals surface area (Å²) in [6, 6.07) is 8.14. The van der Waals surface area contributed by atoms with Gasteiger partial charge in [-0.15, -0.1) is 0 Å². The zero-order valence-electron chi connectivity index (χ0n) is 13.2. The molecule has 0 radical (unpaired) electrons. The number of benzene rings is 1. The van der Waals surface area contributed by atoms with Crippen molar-refractivity contribution in [2.75, 3.05) is 13.1 Å². The van der Waals surface area contributed by atoms with E-state index >= 15 is 0 Å². The predicted molar refractivity (Wildman–Crippen MR) is 83.9 cm³/mol. The van der Waals surface area contributed by atoms with Gasteiger partial charge in [-0.1, -0.05) is 24.3 Å². The van der Waals surface area contributed by atoms with Gasteiger partial charge >= 0.3 is 0 Å². The molecule has 0 bridgehead atoms. The van der Waals surface area contributed by atoms with Gasteiger partial charge in [0.15, 0.2) is 0 Å². The van der Waals surface area contributed by atoms with Gasteiger partial charge < -0.3 is 10.4 Å². The molecule has 1 unspecified atom stereocenters. The summed E-state index contributed by atoms with van der Waals surface area (Å²) in [4.78, 5) is 14.2. The molecule has 1 heterocycles. The first-order valence-corrected chi connectivity index (χ1v) is 7.65. The maximum atomic E-state index is 12.1. The van der Waals surface area contributed by atoms with E-state index in [2.05, 4.69) is 10.2 Å². The monoisotopic (exact) mass is 290 g/mol. The molecule has 0 saturated carbocycles. The molecule has 1 fully saturated rings. The average Bonchev–Trinajstić information content (AvgIpc) is 2.86. The zero-order valence-corrected chi connectivity index (χ0v) is 13.2. The van der Waals surface area contributed by atoms with E-state index in [-0.39, 0.29) is 11.9 Å². The molecule has 21 heavy (non-hydrogen) atoms. The molecule has 0 aliphatic carbocycles. The number of hydrogen-bond donors (Lipinski definition) is 2. The Morgan fingerprint density at radius 3 is 2.81 bits per heavy atom. The molecule has 0 spiro atoms. The summed E-state index contributed by atoms with van der Waals surface area (Å²) in [6.45, 7) is 7.49. The van der Waals surface area contributed by atoms with E-state index in [1.54, 1.807) is 0 Å². The van der Waals surface area contributed by atoms with Crippen molar-refractivity contribution in [2.45, 2.75) is 51.8 Å². The van der Waals surface area contributed by atoms with E-state index < -0.39 is 5.60 Å². The van der Waals surface area contributed by atoms with Crippen LogP contribution in [0.4, 0.5) is 0 Å². The topological polar surface area (TPSA) is 52.6 Å². The number of amides is 1. The third kappa shape index (κ3) is 4.29. The lowest BCUT2D eigenvalue weighted by Gasteiger charge is -2.33. The Labute approximate surface area is 127 Å². The van der Waals surface area contributed by atoms with Crippen LogP contribution in [0.5, 0.6) is 0 Å². The number of aliphatic hydroxyl groups is 1. The lowest BCUT2D eigenvalue weighted by Crippen LogP contribution is -2.48. The standard InChI is InChI=1S/C17H26N2O2/c1-13-7-4-5-8-14(13)11-18-16(20)12-19-10-6-9-15(19)17(2,3)21/h4-5,7-8,15,21H,6,9-12H2,1-3H3,(H,18,20). The fraction of sp³-hybridized carbons (Fsp3) is 0.588. The Morgan fingerprint density at radius 2 is 2.14 bits per heavy atom. The Bertz CT molecular complexity index is 494. The van der Waals surface area contributed by atoms with E-state index in [1.807, 2.05) is 45.0 Å². The highest BCUT2D eigenvalue weighted by molar-refractivity contribution is 5.78. The van der Waals surface area contributed by atoms with Gasteiger partial charge in [0, 0.05) is 12.6 Å². The van der Waals surface area contributed by atoms with E-state index in [0.717, 1.165) is 24.9 Å². The lowest BCUT2D eigenvalue weighted by atomic mass is 9.97. The van der Waals surface area contributed by atoms with Gasteiger partial charge in [0.1, 0.15) is 0 Å². The molecule has 4 nitrogen and oxygen atoms in total. The molecular weight excluding hydrogens is 264 g/mol. The third-order valence-electron chi connectivity index (χ3n) is 4.26. The maximum absolute atomic E-state index is 12.1. The van der Waals surface area contributed by atoms with Crippen LogP contribution in [0.15, 0.2) is 24.3 Å². The van der Waals surface area contributed by atoms with Crippen LogP contribution in [0.2, 0.25) is 0 Å². The minimum atomic E-state index is -0.757. The van der Waals surface area contributed by atoms with Crippen LogP contribution in [0.3, 0.4) is 0 Å². The molecule has 1 aromatic carbocycles. The van der Waals surface area contributed by atoms with E-state index in [1.165, 1.54) is 5.56 Å². The molecule has 1 amide bonds. The van der Waals surface area contributed by atoms with Crippen molar-refractivity contribution in [2.24, 2.45) is 0 Å². The Hall–Kier alpha value is -1.39. The first kappa shape index (κ1) is 16.0. The molecule has 1 aliphatic rings. The Balaban J connectivity index is 1.86. The number of rotatable bonds is 5. The van der Waals surface area contributed by atoms with Crippen molar-refractivity contribution in [3.8, 4) is 0 Å². The average molecular weight is 290 g/mol. The van der Waals surface area contributed by atoms with E-state index in [9.17, 15) is 9.90 Å². The van der Waals surface area contributed by atoms with Crippen LogP contribution in [0.25, 0.3) is 0 Å². The maximum Gasteiger partial charge on any atom is 0.234 e. The van der Waals surface area contributed by atoms with Gasteiger partial charge in [-0.05, 0) is 51.3 Å². The van der Waals surface area contributed by atoms with Crippen LogP contribution in [-0.4, -0.2) is 40.6 Å². The summed E-state index contributed by atoms with van der Waals surface area (Å²) >= 11 is 0. The largest absolute Gasteiger partial charge is 0.389 e. The van der Waals surface area contributed by atoms with Gasteiger partial charge in [-0.25, -0.2) is 0 Å². The van der Waals surface area contributed by atoms with Gasteiger partial charge in [0.25, 0.3) is 0 Å². The van der Waals surface area contributed by atoms with Crippen molar-refractivity contribution in [3.05, 3.63) is 35.4 Å². The first-order valence-electron chi connectivity index (χ1n) is 7.65. The molecule has 1 aromatic rings. The van der Waals surface area contributed by atoms with Crippen molar-refractivity contribution in [3.63, 3.8) is 0 Å². The number of hydrogen-bond acceptors (Lipinski definition) is 3. The smallest absolute Gasteiger partial charge is 0.234 e. The molecule has 1 saturated heterocycles. The van der Waals surface area contributed by atoms with Gasteiger partial charge in [0.05, 0.1) is 12.1 Å². The molecule has 1 aliphatic heterocycles. The summed E-state index contributed by atoms with van der Waals surface area (Å²) in [5.41, 5.74) is 1.58. The number of aryl methyl sites for hydroxylation is 1. The first-order chi connectivity index (χ1) is 9.88. The molecule has 1 atom stereocenters. The lowest BCUT2D eigenvalue weighted by molar-refractivity contribution is -0.123. The molecule has 0 aromatic heterocycles. The summed E-state index contributed by atoms with van der Waals surface area (Å²) in [5.74, 6) is 0.0226. The third-order valence-corrected chi connectivity index (χ3v) is 4.26. The highest BCUT2D eigenvalue weighted by atomic mass is 16.3. The summed E-state index contributed by atoms with van der Waals surface area (Å²) in [7, 11) is 0. The molecule has 116 valence electrons. The highest BCUT2D eigenvalue weighted by Gasteiger charge is 2.36. The number of carbonyl (C=O) groups excluding carboxylic acids is 1. The second-order valence-corrected chi connectivity index (χ2v) is 6.49. The summed E-state index contributed by atoms with van der Waals surface area (Å²) in [6.07, 6.45) is 1.99. The highest BCUT2D eigenvalue weighted by Crippen LogP contribution is 2.26. The number of nitrogens with zero attached hydrogens (tertiary/aromatic N) is 1. The fourth-order valence-corrected chi connectivity index (χ4v) is 3.06. The van der Waals surface area contributed by atoms with E-state index in [0.29, 0.717) is 13.1 Å². The minimum Gasteiger partial charge on any atom is -0.389 e. The minimum absolute atomic E-state index is 0.0226. The molecule has 2 N–H and O–H groups in total. The number of carbonyl (C=O) groups is 1. The van der Waals surface area contributed by atoms with Crippen molar-refractivity contribution >= 4 is 5.91 Å². The fourth-order valence-electron chi connectivity index (χ4n) is 3.06. The second-order valence-electron chi connectivity index (χ2n) is 6.49. The Kier molecular flexibility index (Phi) is 5.01. The van der Waals surface area contributed by atoms with E-state index in [4.69, 9.17) is 0 Å². The summed E-state index contributed by atoms with van der Waals surface area (Å²) < 4.78 is 0. The second kappa shape index (κ2) is 6.58. The normalized spacial score (nSPS) is 19.7. The number of likely N-dealkylation sites (tertiary alicyclic amines) is 1. The van der Waals surface area contributed by atoms with Gasteiger partial charge in [-0.2, -0.15) is 0 Å². The molecule has 4 heteroatoms. The zero-order chi connectivity index (χ0) is 15.5. The van der Waals surface area contributed by atoms with Crippen LogP contribution in [-0.2, 0) is 11.3 Å². The van der Waals surface area contributed by atoms with Crippen LogP contribution < -0.4 is 5.32 Å². The SMILES string of the molecule is Cc1ccccc1CNC(=O)CN1CCCC1C(C)(C)O. The van der Waals surface area contributed by atoms with Gasteiger partial charge in [-0.3, -0.25) is 9.69 Å². The van der Waals surface area contributed by atoms with Crippen LogP contribution in [0, 0.1) is 6.92 Å². The van der Waals surface area contributed by atoms with Crippen molar-refractivity contribution in [1.82, 2.24) is 10.2 Å².